The molecule has 1 unspecified atom stereocenters. The molecule has 0 aliphatic rings. The van der Waals surface area contributed by atoms with E-state index < -0.39 is 28.0 Å². The van der Waals surface area contributed by atoms with Crippen molar-refractivity contribution >= 4 is 34.5 Å². The molecule has 0 spiro atoms. The van der Waals surface area contributed by atoms with Crippen LogP contribution in [0.3, 0.4) is 0 Å². The molecule has 1 N–H and O–H groups in total. The first-order valence-corrected chi connectivity index (χ1v) is 8.14. The number of esters is 1. The van der Waals surface area contributed by atoms with E-state index in [1.807, 2.05) is 13.8 Å². The van der Waals surface area contributed by atoms with Gasteiger partial charge in [0, 0.05) is 17.2 Å². The first-order valence-electron chi connectivity index (χ1n) is 7.32. The van der Waals surface area contributed by atoms with Crippen LogP contribution in [0.1, 0.15) is 47.5 Å². The van der Waals surface area contributed by atoms with Crippen LogP contribution in [0.25, 0.3) is 0 Å². The molecule has 126 valence electrons. The second kappa shape index (κ2) is 9.61. The summed E-state index contributed by atoms with van der Waals surface area (Å²) in [5, 5.41) is 2.07. The van der Waals surface area contributed by atoms with Gasteiger partial charge in [0.05, 0.1) is 6.61 Å². The molecule has 0 aliphatic heterocycles. The van der Waals surface area contributed by atoms with Crippen molar-refractivity contribution in [1.29, 1.82) is 0 Å². The number of carbonyl (C=O) groups is 4. The van der Waals surface area contributed by atoms with Gasteiger partial charge in [0.1, 0.15) is 6.42 Å². The van der Waals surface area contributed by atoms with Gasteiger partial charge in [0.25, 0.3) is 5.12 Å². The number of thioether (sulfide) groups is 1. The van der Waals surface area contributed by atoms with Crippen LogP contribution in [0.15, 0.2) is 0 Å². The highest BCUT2D eigenvalue weighted by atomic mass is 32.2. The van der Waals surface area contributed by atoms with Crippen LogP contribution < -0.4 is 5.32 Å². The van der Waals surface area contributed by atoms with Crippen LogP contribution >= 0.6 is 11.8 Å². The summed E-state index contributed by atoms with van der Waals surface area (Å²) in [7, 11) is 0. The highest BCUT2D eigenvalue weighted by molar-refractivity contribution is 8.16. The molecule has 0 heterocycles. The zero-order valence-corrected chi connectivity index (χ0v) is 14.7. The van der Waals surface area contributed by atoms with Gasteiger partial charge in [-0.15, -0.1) is 0 Å². The Labute approximate surface area is 135 Å². The van der Waals surface area contributed by atoms with E-state index in [9.17, 15) is 19.2 Å². The van der Waals surface area contributed by atoms with Gasteiger partial charge in [0.15, 0.2) is 0 Å². The van der Waals surface area contributed by atoms with Gasteiger partial charge in [-0.2, -0.15) is 0 Å². The van der Waals surface area contributed by atoms with Crippen LogP contribution in [0.5, 0.6) is 0 Å². The lowest BCUT2D eigenvalue weighted by Gasteiger charge is -2.23. The first-order chi connectivity index (χ1) is 10.1. The van der Waals surface area contributed by atoms with Crippen LogP contribution in [-0.2, 0) is 23.9 Å². The molecule has 0 bridgehead atoms. The van der Waals surface area contributed by atoms with E-state index in [-0.39, 0.29) is 25.0 Å². The van der Waals surface area contributed by atoms with Gasteiger partial charge in [-0.25, -0.2) is 0 Å². The SMILES string of the molecule is CCOC(=O)CC(=O)C(=O)SC(C)(C)CNC(=O)C(C)CC. The second-order valence-electron chi connectivity index (χ2n) is 5.58. The average Bonchev–Trinajstić information content (AvgIpc) is 2.43. The Morgan fingerprint density at radius 2 is 1.77 bits per heavy atom. The molecule has 6 nitrogen and oxygen atoms in total. The minimum absolute atomic E-state index is 0.0820. The molecule has 0 saturated heterocycles. The van der Waals surface area contributed by atoms with E-state index in [0.29, 0.717) is 0 Å². The quantitative estimate of drug-likeness (QED) is 0.393. The lowest BCUT2D eigenvalue weighted by Crippen LogP contribution is -2.39. The molecule has 22 heavy (non-hydrogen) atoms. The monoisotopic (exact) mass is 331 g/mol. The number of amides is 1. The number of carbonyl (C=O) groups excluding carboxylic acids is 4. The Hall–Kier alpha value is -1.37. The highest BCUT2D eigenvalue weighted by Gasteiger charge is 2.29. The standard InChI is InChI=1S/C15H25NO5S/c1-6-10(3)13(19)16-9-15(4,5)22-14(20)11(17)8-12(18)21-7-2/h10H,6-9H2,1-5H3,(H,16,19). The van der Waals surface area contributed by atoms with Gasteiger partial charge in [-0.05, 0) is 27.2 Å². The summed E-state index contributed by atoms with van der Waals surface area (Å²) < 4.78 is 4.00. The number of hydrogen-bond donors (Lipinski definition) is 1. The van der Waals surface area contributed by atoms with E-state index >= 15 is 0 Å². The molecule has 0 aromatic heterocycles. The number of ketones is 1. The van der Waals surface area contributed by atoms with Crippen molar-refractivity contribution in [2.45, 2.75) is 52.2 Å². The molecule has 0 fully saturated rings. The maximum absolute atomic E-state index is 11.8. The Morgan fingerprint density at radius 1 is 1.18 bits per heavy atom. The predicted molar refractivity (Wildman–Crippen MR) is 85.4 cm³/mol. The summed E-state index contributed by atoms with van der Waals surface area (Å²) in [6, 6.07) is 0. The fourth-order valence-electron chi connectivity index (χ4n) is 1.42. The van der Waals surface area contributed by atoms with E-state index in [1.54, 1.807) is 20.8 Å². The van der Waals surface area contributed by atoms with Crippen LogP contribution in [0.2, 0.25) is 0 Å². The number of nitrogens with one attached hydrogen (secondary N) is 1. The molecule has 0 aliphatic carbocycles. The highest BCUT2D eigenvalue weighted by Crippen LogP contribution is 2.25. The molecule has 0 rings (SSSR count). The fraction of sp³-hybridized carbons (Fsp3) is 0.733. The third-order valence-corrected chi connectivity index (χ3v) is 4.07. The number of Topliss-reactive ketones (excluding diaryl/α,β-unsaturated/α-hetero) is 1. The molecular weight excluding hydrogens is 306 g/mol. The normalized spacial score (nSPS) is 12.4. The molecule has 7 heteroatoms. The second-order valence-corrected chi connectivity index (χ2v) is 7.26. The summed E-state index contributed by atoms with van der Waals surface area (Å²) in [5.41, 5.74) is 0. The zero-order chi connectivity index (χ0) is 17.3. The molecule has 0 saturated carbocycles. The van der Waals surface area contributed by atoms with Crippen molar-refractivity contribution in [1.82, 2.24) is 5.32 Å². The van der Waals surface area contributed by atoms with Gasteiger partial charge in [-0.1, -0.05) is 25.6 Å². The maximum Gasteiger partial charge on any atom is 0.313 e. The molecular formula is C15H25NO5S. The molecule has 0 aromatic carbocycles. The van der Waals surface area contributed by atoms with Crippen molar-refractivity contribution in [3.05, 3.63) is 0 Å². The molecule has 1 amide bonds. The average molecular weight is 331 g/mol. The summed E-state index contributed by atoms with van der Waals surface area (Å²) >= 11 is 0.820. The lowest BCUT2D eigenvalue weighted by atomic mass is 10.1. The Morgan fingerprint density at radius 3 is 2.27 bits per heavy atom. The Balaban J connectivity index is 4.39. The van der Waals surface area contributed by atoms with Crippen molar-refractivity contribution in [3.63, 3.8) is 0 Å². The van der Waals surface area contributed by atoms with Gasteiger partial charge in [-0.3, -0.25) is 19.2 Å². The Bertz CT molecular complexity index is 434. The lowest BCUT2D eigenvalue weighted by molar-refractivity contribution is -0.147. The number of hydrogen-bond acceptors (Lipinski definition) is 6. The maximum atomic E-state index is 11.8. The summed E-state index contributed by atoms with van der Waals surface area (Å²) in [6.45, 7) is 9.31. The zero-order valence-electron chi connectivity index (χ0n) is 13.9. The number of ether oxygens (including phenoxy) is 1. The Kier molecular flexibility index (Phi) is 9.01. The van der Waals surface area contributed by atoms with E-state index in [1.165, 1.54) is 0 Å². The van der Waals surface area contributed by atoms with Gasteiger partial charge >= 0.3 is 5.97 Å². The smallest absolute Gasteiger partial charge is 0.313 e. The summed E-state index contributed by atoms with van der Waals surface area (Å²) in [5.74, 6) is -1.67. The molecule has 0 radical (unpaired) electrons. The molecule has 1 atom stereocenters. The largest absolute Gasteiger partial charge is 0.466 e. The third-order valence-electron chi connectivity index (χ3n) is 2.96. The van der Waals surface area contributed by atoms with Gasteiger partial charge in [0.2, 0.25) is 11.7 Å². The molecule has 0 aromatic rings. The van der Waals surface area contributed by atoms with E-state index in [4.69, 9.17) is 0 Å². The van der Waals surface area contributed by atoms with E-state index in [0.717, 1.165) is 18.2 Å². The van der Waals surface area contributed by atoms with Gasteiger partial charge < -0.3 is 10.1 Å². The van der Waals surface area contributed by atoms with Crippen LogP contribution in [0.4, 0.5) is 0 Å². The number of rotatable bonds is 9. The third kappa shape index (κ3) is 8.17. The fourth-order valence-corrected chi connectivity index (χ4v) is 2.25. The summed E-state index contributed by atoms with van der Waals surface area (Å²) in [6.07, 6.45) is 0.186. The van der Waals surface area contributed by atoms with Crippen molar-refractivity contribution in [2.24, 2.45) is 5.92 Å². The van der Waals surface area contributed by atoms with Crippen molar-refractivity contribution < 1.29 is 23.9 Å². The predicted octanol–water partition coefficient (Wildman–Crippen LogP) is 1.71. The van der Waals surface area contributed by atoms with Crippen molar-refractivity contribution in [2.75, 3.05) is 13.2 Å². The van der Waals surface area contributed by atoms with Crippen LogP contribution in [-0.4, -0.2) is 40.7 Å². The first kappa shape index (κ1) is 20.6. The minimum atomic E-state index is -0.787. The van der Waals surface area contributed by atoms with E-state index in [2.05, 4.69) is 10.1 Å². The summed E-state index contributed by atoms with van der Waals surface area (Å²) in [4.78, 5) is 46.4. The van der Waals surface area contributed by atoms with Crippen LogP contribution in [0, 0.1) is 5.92 Å². The van der Waals surface area contributed by atoms with Crippen molar-refractivity contribution in [3.8, 4) is 0 Å². The topological polar surface area (TPSA) is 89.5 Å². The minimum Gasteiger partial charge on any atom is -0.466 e.